The van der Waals surface area contributed by atoms with Gasteiger partial charge in [0.2, 0.25) is 5.88 Å². The molecule has 0 aromatic carbocycles. The van der Waals surface area contributed by atoms with Gasteiger partial charge in [0.1, 0.15) is 18.8 Å². The van der Waals surface area contributed by atoms with E-state index >= 15 is 0 Å². The Morgan fingerprint density at radius 2 is 2.25 bits per heavy atom. The first kappa shape index (κ1) is 12.5. The Kier molecular flexibility index (Phi) is 4.76. The third-order valence-corrected chi connectivity index (χ3v) is 2.11. The van der Waals surface area contributed by atoms with E-state index in [2.05, 4.69) is 35.7 Å². The minimum Gasteiger partial charge on any atom is -0.473 e. The van der Waals surface area contributed by atoms with Crippen molar-refractivity contribution in [1.29, 1.82) is 0 Å². The number of ether oxygens (including phenoxy) is 1. The first-order chi connectivity index (χ1) is 7.70. The molecule has 0 radical (unpaired) electrons. The van der Waals surface area contributed by atoms with Crippen molar-refractivity contribution in [1.82, 2.24) is 9.97 Å². The van der Waals surface area contributed by atoms with Crippen molar-refractivity contribution >= 4 is 5.82 Å². The molecule has 1 rings (SSSR count). The first-order valence-electron chi connectivity index (χ1n) is 5.53. The van der Waals surface area contributed by atoms with Crippen molar-refractivity contribution in [2.45, 2.75) is 26.7 Å². The highest BCUT2D eigenvalue weighted by Crippen LogP contribution is 2.29. The molecule has 4 nitrogen and oxygen atoms in total. The Hall–Kier alpha value is -1.58. The molecule has 0 saturated carbocycles. The molecule has 0 aliphatic heterocycles. The van der Waals surface area contributed by atoms with Crippen molar-refractivity contribution in [3.8, 4) is 5.88 Å². The van der Waals surface area contributed by atoms with Gasteiger partial charge >= 0.3 is 0 Å². The molecule has 0 aliphatic carbocycles. The quantitative estimate of drug-likeness (QED) is 0.750. The normalized spacial score (nSPS) is 10.2. The lowest BCUT2D eigenvalue weighted by Crippen LogP contribution is -2.09. The van der Waals surface area contributed by atoms with Gasteiger partial charge in [-0.2, -0.15) is 0 Å². The van der Waals surface area contributed by atoms with Gasteiger partial charge in [-0.05, 0) is 12.8 Å². The summed E-state index contributed by atoms with van der Waals surface area (Å²) in [6, 6.07) is 0. The van der Waals surface area contributed by atoms with E-state index in [0.717, 1.165) is 17.9 Å². The lowest BCUT2D eigenvalue weighted by atomic mass is 10.1. The number of anilines is 1. The van der Waals surface area contributed by atoms with Crippen LogP contribution in [0.1, 0.15) is 32.3 Å². The Balaban J connectivity index is 3.05. The average molecular weight is 221 g/mol. The Morgan fingerprint density at radius 3 is 2.81 bits per heavy atom. The molecule has 88 valence electrons. The van der Waals surface area contributed by atoms with E-state index in [4.69, 9.17) is 4.74 Å². The van der Waals surface area contributed by atoms with E-state index in [0.29, 0.717) is 18.4 Å². The van der Waals surface area contributed by atoms with Gasteiger partial charge in [0, 0.05) is 6.54 Å². The predicted octanol–water partition coefficient (Wildman–Crippen LogP) is 2.60. The van der Waals surface area contributed by atoms with Gasteiger partial charge in [0.05, 0.1) is 5.56 Å². The Labute approximate surface area is 96.8 Å². The zero-order chi connectivity index (χ0) is 12.0. The van der Waals surface area contributed by atoms with Crippen LogP contribution in [0.25, 0.3) is 0 Å². The zero-order valence-corrected chi connectivity index (χ0v) is 10.2. The summed E-state index contributed by atoms with van der Waals surface area (Å²) in [5.41, 5.74) is 1.02. The summed E-state index contributed by atoms with van der Waals surface area (Å²) in [5, 5.41) is 3.22. The minimum atomic E-state index is 0.315. The largest absolute Gasteiger partial charge is 0.473 e. The van der Waals surface area contributed by atoms with Crippen LogP contribution in [0.15, 0.2) is 19.0 Å². The molecule has 0 bridgehead atoms. The van der Waals surface area contributed by atoms with Crippen LogP contribution in [0.2, 0.25) is 0 Å². The Morgan fingerprint density at radius 1 is 1.50 bits per heavy atom. The van der Waals surface area contributed by atoms with E-state index in [1.54, 1.807) is 6.08 Å². The van der Waals surface area contributed by atoms with Crippen LogP contribution in [0.5, 0.6) is 5.88 Å². The number of hydrogen-bond acceptors (Lipinski definition) is 4. The van der Waals surface area contributed by atoms with Crippen LogP contribution in [0.4, 0.5) is 5.82 Å². The summed E-state index contributed by atoms with van der Waals surface area (Å²) in [4.78, 5) is 8.39. The number of nitrogens with one attached hydrogen (secondary N) is 1. The molecule has 0 aliphatic rings. The van der Waals surface area contributed by atoms with Crippen molar-refractivity contribution in [2.75, 3.05) is 18.5 Å². The molecule has 1 aromatic heterocycles. The van der Waals surface area contributed by atoms with Crippen LogP contribution in [0, 0.1) is 0 Å². The molecule has 0 fully saturated rings. The second kappa shape index (κ2) is 6.10. The fourth-order valence-corrected chi connectivity index (χ4v) is 1.46. The minimum absolute atomic E-state index is 0.315. The highest BCUT2D eigenvalue weighted by Gasteiger charge is 2.15. The third kappa shape index (κ3) is 2.95. The van der Waals surface area contributed by atoms with E-state index < -0.39 is 0 Å². The Bertz CT molecular complexity index is 350. The van der Waals surface area contributed by atoms with E-state index in [1.165, 1.54) is 6.33 Å². The van der Waals surface area contributed by atoms with Crippen LogP contribution in [0.3, 0.4) is 0 Å². The van der Waals surface area contributed by atoms with Gasteiger partial charge in [-0.3, -0.25) is 0 Å². The van der Waals surface area contributed by atoms with E-state index in [-0.39, 0.29) is 0 Å². The molecular formula is C12H19N3O. The topological polar surface area (TPSA) is 47.0 Å². The molecule has 1 aromatic rings. The van der Waals surface area contributed by atoms with Crippen molar-refractivity contribution in [2.24, 2.45) is 0 Å². The number of rotatable bonds is 6. The fourth-order valence-electron chi connectivity index (χ4n) is 1.46. The van der Waals surface area contributed by atoms with Gasteiger partial charge in [-0.1, -0.05) is 26.5 Å². The number of nitrogens with zero attached hydrogens (tertiary/aromatic N) is 2. The summed E-state index contributed by atoms with van der Waals surface area (Å²) in [6.07, 6.45) is 3.22. The van der Waals surface area contributed by atoms with Gasteiger partial charge in [-0.15, -0.1) is 0 Å². The SMILES string of the molecule is C=CCOc1ncnc(NCC)c1C(C)C. The second-order valence-corrected chi connectivity index (χ2v) is 3.73. The monoisotopic (exact) mass is 221 g/mol. The van der Waals surface area contributed by atoms with Crippen LogP contribution in [-0.4, -0.2) is 23.1 Å². The molecule has 0 unspecified atom stereocenters. The van der Waals surface area contributed by atoms with E-state index in [9.17, 15) is 0 Å². The maximum absolute atomic E-state index is 5.53. The summed E-state index contributed by atoms with van der Waals surface area (Å²) in [7, 11) is 0. The van der Waals surface area contributed by atoms with Crippen molar-refractivity contribution < 1.29 is 4.74 Å². The van der Waals surface area contributed by atoms with Crippen molar-refractivity contribution in [3.63, 3.8) is 0 Å². The van der Waals surface area contributed by atoms with Gasteiger partial charge in [-0.25, -0.2) is 9.97 Å². The first-order valence-corrected chi connectivity index (χ1v) is 5.53. The van der Waals surface area contributed by atoms with Crippen LogP contribution >= 0.6 is 0 Å². The maximum Gasteiger partial charge on any atom is 0.222 e. The second-order valence-electron chi connectivity index (χ2n) is 3.73. The highest BCUT2D eigenvalue weighted by atomic mass is 16.5. The van der Waals surface area contributed by atoms with Gasteiger partial charge in [0.15, 0.2) is 0 Å². The third-order valence-electron chi connectivity index (χ3n) is 2.11. The van der Waals surface area contributed by atoms with Gasteiger partial charge < -0.3 is 10.1 Å². The molecule has 0 amide bonds. The van der Waals surface area contributed by atoms with E-state index in [1.807, 2.05) is 6.92 Å². The molecular weight excluding hydrogens is 202 g/mol. The molecule has 0 saturated heterocycles. The maximum atomic E-state index is 5.53. The standard InChI is InChI=1S/C12H19N3O/c1-5-7-16-12-10(9(3)4)11(13-6-2)14-8-15-12/h5,8-9H,1,6-7H2,2-4H3,(H,13,14,15). The lowest BCUT2D eigenvalue weighted by Gasteiger charge is -2.15. The zero-order valence-electron chi connectivity index (χ0n) is 10.2. The number of aromatic nitrogens is 2. The molecule has 0 spiro atoms. The summed E-state index contributed by atoms with van der Waals surface area (Å²) >= 11 is 0. The predicted molar refractivity (Wildman–Crippen MR) is 66.0 cm³/mol. The molecule has 16 heavy (non-hydrogen) atoms. The molecule has 1 N–H and O–H groups in total. The highest BCUT2D eigenvalue weighted by molar-refractivity contribution is 5.50. The van der Waals surface area contributed by atoms with Crippen LogP contribution < -0.4 is 10.1 Å². The average Bonchev–Trinajstić information content (AvgIpc) is 2.26. The van der Waals surface area contributed by atoms with Crippen LogP contribution in [-0.2, 0) is 0 Å². The molecule has 4 heteroatoms. The fraction of sp³-hybridized carbons (Fsp3) is 0.500. The summed E-state index contributed by atoms with van der Waals surface area (Å²) < 4.78 is 5.53. The molecule has 0 atom stereocenters. The summed E-state index contributed by atoms with van der Waals surface area (Å²) in [5.74, 6) is 1.81. The lowest BCUT2D eigenvalue weighted by molar-refractivity contribution is 0.342. The van der Waals surface area contributed by atoms with Crippen molar-refractivity contribution in [3.05, 3.63) is 24.5 Å². The summed E-state index contributed by atoms with van der Waals surface area (Å²) in [6.45, 7) is 11.1. The smallest absolute Gasteiger partial charge is 0.222 e. The molecule has 1 heterocycles. The number of hydrogen-bond donors (Lipinski definition) is 1. The van der Waals surface area contributed by atoms with Gasteiger partial charge in [0.25, 0.3) is 0 Å².